The lowest BCUT2D eigenvalue weighted by atomic mass is 10.3. The number of imidazole rings is 1. The third-order valence-electron chi connectivity index (χ3n) is 1.96. The Bertz CT molecular complexity index is 331. The molecule has 2 heterocycles. The maximum atomic E-state index is 8.68. The number of rotatable bonds is 0. The van der Waals surface area contributed by atoms with Gasteiger partial charge in [-0.2, -0.15) is 5.26 Å². The molecule has 0 fully saturated rings. The second kappa shape index (κ2) is 1.99. The molecule has 1 aromatic heterocycles. The van der Waals surface area contributed by atoms with E-state index in [1.807, 2.05) is 4.57 Å². The first-order chi connectivity index (χ1) is 5.33. The van der Waals surface area contributed by atoms with Gasteiger partial charge in [0.1, 0.15) is 11.9 Å². The van der Waals surface area contributed by atoms with Gasteiger partial charge in [-0.3, -0.25) is 0 Å². The van der Waals surface area contributed by atoms with Crippen molar-refractivity contribution in [2.45, 2.75) is 19.4 Å². The summed E-state index contributed by atoms with van der Waals surface area (Å²) >= 11 is 0. The van der Waals surface area contributed by atoms with Crippen molar-refractivity contribution in [2.75, 3.05) is 5.73 Å². The maximum Gasteiger partial charge on any atom is 0.164 e. The van der Waals surface area contributed by atoms with E-state index in [1.54, 1.807) is 0 Å². The zero-order valence-electron chi connectivity index (χ0n) is 6.04. The molecule has 4 heteroatoms. The molecular formula is C7H8N4. The molecular weight excluding hydrogens is 140 g/mol. The Kier molecular flexibility index (Phi) is 1.13. The molecule has 0 saturated carbocycles. The van der Waals surface area contributed by atoms with Gasteiger partial charge in [-0.15, -0.1) is 0 Å². The molecule has 0 aromatic carbocycles. The van der Waals surface area contributed by atoms with Crippen LogP contribution in [0.3, 0.4) is 0 Å². The molecule has 56 valence electrons. The van der Waals surface area contributed by atoms with Gasteiger partial charge in [0.05, 0.1) is 0 Å². The summed E-state index contributed by atoms with van der Waals surface area (Å²) in [6, 6.07) is 2.05. The van der Waals surface area contributed by atoms with Crippen LogP contribution in [0.25, 0.3) is 0 Å². The molecule has 4 nitrogen and oxygen atoms in total. The molecule has 1 aliphatic rings. The van der Waals surface area contributed by atoms with E-state index in [2.05, 4.69) is 11.1 Å². The molecule has 0 amide bonds. The summed E-state index contributed by atoms with van der Waals surface area (Å²) in [5, 5.41) is 8.68. The molecule has 0 radical (unpaired) electrons. The fraction of sp³-hybridized carbons (Fsp3) is 0.429. The van der Waals surface area contributed by atoms with E-state index in [-0.39, 0.29) is 0 Å². The number of aromatic nitrogens is 2. The second-order valence-corrected chi connectivity index (χ2v) is 2.63. The van der Waals surface area contributed by atoms with E-state index >= 15 is 0 Å². The summed E-state index contributed by atoms with van der Waals surface area (Å²) in [4.78, 5) is 4.08. The van der Waals surface area contributed by atoms with Gasteiger partial charge in [0.25, 0.3) is 0 Å². The van der Waals surface area contributed by atoms with Gasteiger partial charge in [-0.1, -0.05) is 0 Å². The number of nitrogens with two attached hydrogens (primary N) is 1. The molecule has 0 saturated heterocycles. The van der Waals surface area contributed by atoms with Crippen molar-refractivity contribution in [3.8, 4) is 6.07 Å². The van der Waals surface area contributed by atoms with Gasteiger partial charge in [0.2, 0.25) is 0 Å². The third kappa shape index (κ3) is 0.709. The van der Waals surface area contributed by atoms with Gasteiger partial charge in [0.15, 0.2) is 11.5 Å². The maximum absolute atomic E-state index is 8.68. The Hall–Kier alpha value is -1.50. The first-order valence-corrected chi connectivity index (χ1v) is 3.58. The standard InChI is InChI=1S/C7H8N4/c8-4-5-7(9)10-6-2-1-3-11(5)6/h1-3,9H2. The largest absolute Gasteiger partial charge is 0.381 e. The number of aryl methyl sites for hydroxylation is 1. The van der Waals surface area contributed by atoms with Crippen LogP contribution in [0.5, 0.6) is 0 Å². The average molecular weight is 148 g/mol. The Morgan fingerprint density at radius 2 is 2.45 bits per heavy atom. The number of hydrogen-bond acceptors (Lipinski definition) is 3. The molecule has 0 atom stereocenters. The van der Waals surface area contributed by atoms with Gasteiger partial charge < -0.3 is 10.3 Å². The number of hydrogen-bond donors (Lipinski definition) is 1. The minimum absolute atomic E-state index is 0.377. The number of nitrogens with zero attached hydrogens (tertiary/aromatic N) is 3. The summed E-state index contributed by atoms with van der Waals surface area (Å²) in [6.07, 6.45) is 2.03. The Labute approximate surface area is 64.3 Å². The van der Waals surface area contributed by atoms with Gasteiger partial charge in [0, 0.05) is 13.0 Å². The summed E-state index contributed by atoms with van der Waals surface area (Å²) in [6.45, 7) is 0.891. The van der Waals surface area contributed by atoms with E-state index in [0.29, 0.717) is 11.5 Å². The number of fused-ring (bicyclic) bond motifs is 1. The molecule has 0 bridgehead atoms. The van der Waals surface area contributed by atoms with Crippen LogP contribution in [-0.2, 0) is 13.0 Å². The fourth-order valence-electron chi connectivity index (χ4n) is 1.46. The first kappa shape index (κ1) is 6.23. The highest BCUT2D eigenvalue weighted by Gasteiger charge is 2.18. The normalized spacial score (nSPS) is 14.5. The van der Waals surface area contributed by atoms with E-state index in [1.165, 1.54) is 0 Å². The quantitative estimate of drug-likeness (QED) is 0.574. The van der Waals surface area contributed by atoms with Crippen LogP contribution < -0.4 is 5.73 Å². The summed E-state index contributed by atoms with van der Waals surface area (Å²) < 4.78 is 1.90. The van der Waals surface area contributed by atoms with E-state index in [4.69, 9.17) is 11.0 Å². The van der Waals surface area contributed by atoms with Crippen molar-refractivity contribution in [3.63, 3.8) is 0 Å². The van der Waals surface area contributed by atoms with Crippen LogP contribution in [0.1, 0.15) is 17.9 Å². The molecule has 11 heavy (non-hydrogen) atoms. The SMILES string of the molecule is N#Cc1c(N)nc2n1CCC2. The highest BCUT2D eigenvalue weighted by Crippen LogP contribution is 2.20. The summed E-state index contributed by atoms with van der Waals surface area (Å²) in [7, 11) is 0. The van der Waals surface area contributed by atoms with Crippen LogP contribution in [0.2, 0.25) is 0 Å². The van der Waals surface area contributed by atoms with Crippen LogP contribution in [0, 0.1) is 11.3 Å². The van der Waals surface area contributed by atoms with Crippen LogP contribution in [-0.4, -0.2) is 9.55 Å². The fourth-order valence-corrected chi connectivity index (χ4v) is 1.46. The minimum Gasteiger partial charge on any atom is -0.381 e. The highest BCUT2D eigenvalue weighted by molar-refractivity contribution is 5.46. The number of nitrogen functional groups attached to an aromatic ring is 1. The van der Waals surface area contributed by atoms with E-state index in [0.717, 1.165) is 25.2 Å². The Morgan fingerprint density at radius 3 is 3.18 bits per heavy atom. The van der Waals surface area contributed by atoms with Crippen molar-refractivity contribution in [1.82, 2.24) is 9.55 Å². The van der Waals surface area contributed by atoms with Crippen molar-refractivity contribution in [2.24, 2.45) is 0 Å². The Morgan fingerprint density at radius 1 is 1.64 bits per heavy atom. The number of anilines is 1. The average Bonchev–Trinajstić information content (AvgIpc) is 2.46. The summed E-state index contributed by atoms with van der Waals surface area (Å²) in [5.41, 5.74) is 6.03. The van der Waals surface area contributed by atoms with Gasteiger partial charge >= 0.3 is 0 Å². The molecule has 1 aromatic rings. The minimum atomic E-state index is 0.377. The lowest BCUT2D eigenvalue weighted by Crippen LogP contribution is -1.97. The van der Waals surface area contributed by atoms with Crippen LogP contribution in [0.4, 0.5) is 5.82 Å². The monoisotopic (exact) mass is 148 g/mol. The molecule has 0 aliphatic carbocycles. The predicted octanol–water partition coefficient (Wildman–Crippen LogP) is 0.283. The van der Waals surface area contributed by atoms with Crippen molar-refractivity contribution in [1.29, 1.82) is 5.26 Å². The zero-order valence-corrected chi connectivity index (χ0v) is 6.04. The van der Waals surface area contributed by atoms with E-state index in [9.17, 15) is 0 Å². The molecule has 0 spiro atoms. The summed E-state index contributed by atoms with van der Waals surface area (Å²) in [5.74, 6) is 1.33. The highest BCUT2D eigenvalue weighted by atomic mass is 15.1. The van der Waals surface area contributed by atoms with Crippen molar-refractivity contribution >= 4 is 5.82 Å². The van der Waals surface area contributed by atoms with Gasteiger partial charge in [-0.05, 0) is 6.42 Å². The van der Waals surface area contributed by atoms with E-state index < -0.39 is 0 Å². The Balaban J connectivity index is 2.63. The van der Waals surface area contributed by atoms with Crippen molar-refractivity contribution < 1.29 is 0 Å². The van der Waals surface area contributed by atoms with Crippen molar-refractivity contribution in [3.05, 3.63) is 11.5 Å². The van der Waals surface area contributed by atoms with Crippen LogP contribution >= 0.6 is 0 Å². The molecule has 2 N–H and O–H groups in total. The zero-order chi connectivity index (χ0) is 7.84. The first-order valence-electron chi connectivity index (χ1n) is 3.58. The van der Waals surface area contributed by atoms with Crippen LogP contribution in [0.15, 0.2) is 0 Å². The topological polar surface area (TPSA) is 67.6 Å². The third-order valence-corrected chi connectivity index (χ3v) is 1.96. The lowest BCUT2D eigenvalue weighted by Gasteiger charge is -1.94. The molecule has 1 aliphatic heterocycles. The predicted molar refractivity (Wildman–Crippen MR) is 39.7 cm³/mol. The lowest BCUT2D eigenvalue weighted by molar-refractivity contribution is 0.742. The molecule has 2 rings (SSSR count). The molecule has 0 unspecified atom stereocenters. The smallest absolute Gasteiger partial charge is 0.164 e. The van der Waals surface area contributed by atoms with Gasteiger partial charge in [-0.25, -0.2) is 4.98 Å². The number of nitriles is 1. The second-order valence-electron chi connectivity index (χ2n) is 2.63.